The number of hydrogen-bond acceptors (Lipinski definition) is 5. The molecule has 122 valence electrons. The second-order valence-corrected chi connectivity index (χ2v) is 5.90. The summed E-state index contributed by atoms with van der Waals surface area (Å²) in [7, 11) is 0. The topological polar surface area (TPSA) is 72.9 Å². The van der Waals surface area contributed by atoms with E-state index in [-0.39, 0.29) is 18.8 Å². The molecule has 0 aliphatic carbocycles. The molecule has 0 bridgehead atoms. The van der Waals surface area contributed by atoms with Gasteiger partial charge in [-0.15, -0.1) is 0 Å². The van der Waals surface area contributed by atoms with Gasteiger partial charge < -0.3 is 15.3 Å². The number of amides is 2. The Morgan fingerprint density at radius 2 is 1.96 bits per heavy atom. The second kappa shape index (κ2) is 6.42. The van der Waals surface area contributed by atoms with Gasteiger partial charge in [-0.2, -0.15) is 0 Å². The maximum Gasteiger partial charge on any atom is 0.277 e. The van der Waals surface area contributed by atoms with Crippen molar-refractivity contribution in [2.24, 2.45) is 0 Å². The first-order chi connectivity index (χ1) is 11.1. The minimum atomic E-state index is -0.396. The van der Waals surface area contributed by atoms with Gasteiger partial charge in [0, 0.05) is 30.5 Å². The van der Waals surface area contributed by atoms with Crippen LogP contribution in [0.3, 0.4) is 0 Å². The van der Waals surface area contributed by atoms with Crippen molar-refractivity contribution in [3.05, 3.63) is 35.5 Å². The Morgan fingerprint density at radius 1 is 1.22 bits per heavy atom. The van der Waals surface area contributed by atoms with Crippen LogP contribution in [0.15, 0.2) is 30.0 Å². The lowest BCUT2D eigenvalue weighted by atomic mass is 10.1. The van der Waals surface area contributed by atoms with Crippen LogP contribution >= 0.6 is 0 Å². The minimum absolute atomic E-state index is 0.0201. The van der Waals surface area contributed by atoms with Crippen LogP contribution in [-0.4, -0.2) is 48.1 Å². The van der Waals surface area contributed by atoms with Gasteiger partial charge in [0.1, 0.15) is 5.70 Å². The van der Waals surface area contributed by atoms with Gasteiger partial charge in [-0.05, 0) is 43.5 Å². The summed E-state index contributed by atoms with van der Waals surface area (Å²) in [6.45, 7) is 3.94. The van der Waals surface area contributed by atoms with E-state index in [0.717, 1.165) is 29.2 Å². The van der Waals surface area contributed by atoms with Gasteiger partial charge in [0.25, 0.3) is 11.8 Å². The van der Waals surface area contributed by atoms with Crippen molar-refractivity contribution in [3.63, 3.8) is 0 Å². The van der Waals surface area contributed by atoms with Gasteiger partial charge in [-0.1, -0.05) is 0 Å². The molecule has 1 saturated heterocycles. The monoisotopic (exact) mass is 315 g/mol. The van der Waals surface area contributed by atoms with Crippen molar-refractivity contribution in [2.75, 3.05) is 36.5 Å². The third kappa shape index (κ3) is 3.07. The molecule has 2 aliphatic heterocycles. The van der Waals surface area contributed by atoms with Crippen molar-refractivity contribution in [3.8, 4) is 0 Å². The molecule has 0 atom stereocenters. The van der Waals surface area contributed by atoms with Crippen molar-refractivity contribution in [2.45, 2.75) is 19.8 Å². The normalized spacial score (nSPS) is 17.9. The highest BCUT2D eigenvalue weighted by molar-refractivity contribution is 6.17. The van der Waals surface area contributed by atoms with E-state index < -0.39 is 11.8 Å². The number of nitrogens with zero attached hydrogens (tertiary/aromatic N) is 2. The van der Waals surface area contributed by atoms with Crippen LogP contribution in [0.4, 0.5) is 11.4 Å². The van der Waals surface area contributed by atoms with E-state index in [1.807, 2.05) is 19.1 Å². The summed E-state index contributed by atoms with van der Waals surface area (Å²) >= 11 is 0. The van der Waals surface area contributed by atoms with Gasteiger partial charge in [-0.25, -0.2) is 0 Å². The van der Waals surface area contributed by atoms with Crippen LogP contribution in [0, 0.1) is 6.92 Å². The van der Waals surface area contributed by atoms with Crippen LogP contribution in [-0.2, 0) is 9.59 Å². The summed E-state index contributed by atoms with van der Waals surface area (Å²) in [6, 6.07) is 6.07. The van der Waals surface area contributed by atoms with E-state index in [0.29, 0.717) is 0 Å². The maximum atomic E-state index is 12.2. The smallest absolute Gasteiger partial charge is 0.277 e. The predicted octanol–water partition coefficient (Wildman–Crippen LogP) is 1.25. The number of β-amino-alcohol motifs (C(OH)–C–C–N with tert-alkyl or cyclic N) is 1. The van der Waals surface area contributed by atoms with E-state index in [2.05, 4.69) is 16.3 Å². The van der Waals surface area contributed by atoms with Gasteiger partial charge in [0.2, 0.25) is 0 Å². The Labute approximate surface area is 135 Å². The number of benzene rings is 1. The molecular weight excluding hydrogens is 294 g/mol. The number of imide groups is 1. The highest BCUT2D eigenvalue weighted by atomic mass is 16.3. The summed E-state index contributed by atoms with van der Waals surface area (Å²) in [4.78, 5) is 27.3. The summed E-state index contributed by atoms with van der Waals surface area (Å²) in [5.41, 5.74) is 3.28. The van der Waals surface area contributed by atoms with E-state index >= 15 is 0 Å². The number of anilines is 2. The van der Waals surface area contributed by atoms with E-state index in [4.69, 9.17) is 5.11 Å². The molecule has 0 radical (unpaired) electrons. The molecule has 0 saturated carbocycles. The number of hydrogen-bond donors (Lipinski definition) is 2. The van der Waals surface area contributed by atoms with Gasteiger partial charge in [0.05, 0.1) is 13.2 Å². The van der Waals surface area contributed by atoms with Gasteiger partial charge in [-0.3, -0.25) is 14.5 Å². The lowest BCUT2D eigenvalue weighted by Crippen LogP contribution is -2.34. The highest BCUT2D eigenvalue weighted by Crippen LogP contribution is 2.27. The number of carbonyl (C=O) groups is 2. The van der Waals surface area contributed by atoms with Crippen LogP contribution in [0.25, 0.3) is 0 Å². The average molecular weight is 315 g/mol. The number of nitrogens with one attached hydrogen (secondary N) is 1. The first-order valence-electron chi connectivity index (χ1n) is 7.91. The third-order valence-corrected chi connectivity index (χ3v) is 4.28. The number of aliphatic hydroxyl groups is 1. The van der Waals surface area contributed by atoms with Crippen LogP contribution in [0.5, 0.6) is 0 Å². The molecule has 1 aromatic rings. The number of rotatable bonds is 5. The minimum Gasteiger partial charge on any atom is -0.395 e. The first kappa shape index (κ1) is 15.6. The van der Waals surface area contributed by atoms with Crippen molar-refractivity contribution in [1.29, 1.82) is 0 Å². The van der Waals surface area contributed by atoms with E-state index in [1.165, 1.54) is 24.6 Å². The summed E-state index contributed by atoms with van der Waals surface area (Å²) < 4.78 is 0. The molecule has 3 rings (SSSR count). The predicted molar refractivity (Wildman–Crippen MR) is 88.1 cm³/mol. The van der Waals surface area contributed by atoms with Gasteiger partial charge >= 0.3 is 0 Å². The highest BCUT2D eigenvalue weighted by Gasteiger charge is 2.30. The standard InChI is InChI=1S/C17H21N3O3/c1-12-10-13(19-6-2-3-7-19)4-5-14(12)18-15-11-16(22)20(8-9-21)17(15)23/h4-5,10-11,18,21H,2-3,6-9H2,1H3. The third-order valence-electron chi connectivity index (χ3n) is 4.28. The number of aliphatic hydroxyl groups excluding tert-OH is 1. The fourth-order valence-corrected chi connectivity index (χ4v) is 3.02. The number of carbonyl (C=O) groups excluding carboxylic acids is 2. The van der Waals surface area contributed by atoms with Gasteiger partial charge in [0.15, 0.2) is 0 Å². The molecule has 1 aromatic carbocycles. The zero-order valence-corrected chi connectivity index (χ0v) is 13.2. The lowest BCUT2D eigenvalue weighted by molar-refractivity contribution is -0.137. The Hall–Kier alpha value is -2.34. The number of aryl methyl sites for hydroxylation is 1. The zero-order chi connectivity index (χ0) is 16.4. The maximum absolute atomic E-state index is 12.2. The lowest BCUT2D eigenvalue weighted by Gasteiger charge is -2.20. The van der Waals surface area contributed by atoms with E-state index in [1.54, 1.807) is 0 Å². The quantitative estimate of drug-likeness (QED) is 0.800. The molecule has 23 heavy (non-hydrogen) atoms. The molecule has 6 heteroatoms. The van der Waals surface area contributed by atoms with Crippen LogP contribution in [0.2, 0.25) is 0 Å². The molecule has 6 nitrogen and oxygen atoms in total. The molecular formula is C17H21N3O3. The zero-order valence-electron chi connectivity index (χ0n) is 13.2. The Morgan fingerprint density at radius 3 is 2.61 bits per heavy atom. The van der Waals surface area contributed by atoms with E-state index in [9.17, 15) is 9.59 Å². The van der Waals surface area contributed by atoms with Crippen LogP contribution in [0.1, 0.15) is 18.4 Å². The molecule has 2 aliphatic rings. The van der Waals surface area contributed by atoms with Crippen LogP contribution < -0.4 is 10.2 Å². The fourth-order valence-electron chi connectivity index (χ4n) is 3.02. The van der Waals surface area contributed by atoms with Crippen molar-refractivity contribution < 1.29 is 14.7 Å². The second-order valence-electron chi connectivity index (χ2n) is 5.90. The summed E-state index contributed by atoms with van der Waals surface area (Å²) in [5.74, 6) is -0.787. The Kier molecular flexibility index (Phi) is 4.34. The summed E-state index contributed by atoms with van der Waals surface area (Å²) in [5, 5.41) is 12.0. The van der Waals surface area contributed by atoms with Crippen molar-refractivity contribution >= 4 is 23.2 Å². The molecule has 2 amide bonds. The SMILES string of the molecule is Cc1cc(N2CCCC2)ccc1NC1=CC(=O)N(CCO)C1=O. The average Bonchev–Trinajstić information content (AvgIpc) is 3.14. The molecule has 2 N–H and O–H groups in total. The fraction of sp³-hybridized carbons (Fsp3) is 0.412. The molecule has 0 unspecified atom stereocenters. The largest absolute Gasteiger partial charge is 0.395 e. The molecule has 1 fully saturated rings. The Bertz CT molecular complexity index is 663. The van der Waals surface area contributed by atoms with Crippen molar-refractivity contribution in [1.82, 2.24) is 4.90 Å². The molecule has 0 spiro atoms. The molecule has 0 aromatic heterocycles. The first-order valence-corrected chi connectivity index (χ1v) is 7.91. The summed E-state index contributed by atoms with van der Waals surface area (Å²) in [6.07, 6.45) is 3.73. The Balaban J connectivity index is 1.74. The molecule has 2 heterocycles.